The summed E-state index contributed by atoms with van der Waals surface area (Å²) >= 11 is 0. The van der Waals surface area contributed by atoms with Crippen molar-refractivity contribution in [2.45, 2.75) is 6.92 Å². The maximum atomic E-state index is 12.1. The first-order chi connectivity index (χ1) is 8.69. The van der Waals surface area contributed by atoms with Gasteiger partial charge in [0, 0.05) is 12.4 Å². The second-order valence-corrected chi connectivity index (χ2v) is 3.59. The van der Waals surface area contributed by atoms with Gasteiger partial charge in [-0.05, 0) is 13.0 Å². The molecule has 2 heterocycles. The number of nitrogens with zero attached hydrogens (tertiary/aromatic N) is 2. The topological polar surface area (TPSA) is 77.8 Å². The molecule has 1 aliphatic heterocycles. The van der Waals surface area contributed by atoms with Crippen molar-refractivity contribution >= 4 is 23.7 Å². The monoisotopic (exact) mass is 248 g/mol. The molecule has 0 aliphatic carbocycles. The highest BCUT2D eigenvalue weighted by Crippen LogP contribution is 2.33. The Morgan fingerprint density at radius 2 is 2.28 bits per heavy atom. The summed E-state index contributed by atoms with van der Waals surface area (Å²) in [6.07, 6.45) is 2.71. The molecule has 94 valence electrons. The number of hydrogen-bond donors (Lipinski definition) is 0. The van der Waals surface area contributed by atoms with Crippen LogP contribution in [-0.2, 0) is 9.53 Å². The van der Waals surface area contributed by atoms with Gasteiger partial charge in [-0.2, -0.15) is 0 Å². The number of rotatable bonds is 3. The van der Waals surface area contributed by atoms with Crippen molar-refractivity contribution in [3.8, 4) is 5.88 Å². The highest BCUT2D eigenvalue weighted by Gasteiger charge is 2.33. The zero-order valence-corrected chi connectivity index (χ0v) is 10.0. The Morgan fingerprint density at radius 3 is 2.94 bits per heavy atom. The van der Waals surface area contributed by atoms with E-state index in [1.807, 2.05) is 0 Å². The molecule has 6 nitrogen and oxygen atoms in total. The quantitative estimate of drug-likeness (QED) is 0.592. The molecule has 0 radical (unpaired) electrons. The van der Waals surface area contributed by atoms with Crippen molar-refractivity contribution in [1.29, 1.82) is 0 Å². The van der Waals surface area contributed by atoms with Gasteiger partial charge in [0.15, 0.2) is 11.7 Å². The van der Waals surface area contributed by atoms with Gasteiger partial charge in [-0.25, -0.2) is 4.98 Å². The minimum absolute atomic E-state index is 0.225. The molecule has 1 aliphatic rings. The fourth-order valence-corrected chi connectivity index (χ4v) is 1.69. The molecule has 6 heteroatoms. The molecular weight excluding hydrogens is 236 g/mol. The number of pyridine rings is 1. The van der Waals surface area contributed by atoms with Gasteiger partial charge in [0.05, 0.1) is 19.3 Å². The summed E-state index contributed by atoms with van der Waals surface area (Å²) in [4.78, 5) is 31.7. The fourth-order valence-electron chi connectivity index (χ4n) is 1.69. The molecule has 0 amide bonds. The van der Waals surface area contributed by atoms with E-state index in [-0.39, 0.29) is 18.3 Å². The Bertz CT molecular complexity index is 525. The molecule has 18 heavy (non-hydrogen) atoms. The van der Waals surface area contributed by atoms with E-state index in [9.17, 15) is 9.59 Å². The molecule has 0 saturated heterocycles. The average Bonchev–Trinajstić information content (AvgIpc) is 2.39. The molecule has 1 unspecified atom stereocenters. The summed E-state index contributed by atoms with van der Waals surface area (Å²) in [5.74, 6) is -1.66. The van der Waals surface area contributed by atoms with Crippen LogP contribution >= 0.6 is 0 Å². The van der Waals surface area contributed by atoms with Crippen molar-refractivity contribution < 1.29 is 19.1 Å². The van der Waals surface area contributed by atoms with Crippen LogP contribution in [0.1, 0.15) is 17.3 Å². The summed E-state index contributed by atoms with van der Waals surface area (Å²) < 4.78 is 9.84. The van der Waals surface area contributed by atoms with Gasteiger partial charge >= 0.3 is 5.97 Å². The number of fused-ring (bicyclic) bond motifs is 1. The van der Waals surface area contributed by atoms with Gasteiger partial charge in [-0.1, -0.05) is 0 Å². The third-order valence-corrected chi connectivity index (χ3v) is 2.53. The van der Waals surface area contributed by atoms with E-state index >= 15 is 0 Å². The average molecular weight is 248 g/mol. The highest BCUT2D eigenvalue weighted by atomic mass is 16.5. The Labute approximate surface area is 104 Å². The smallest absolute Gasteiger partial charge is 0.322 e. The minimum atomic E-state index is -0.982. The van der Waals surface area contributed by atoms with Crippen molar-refractivity contribution in [3.63, 3.8) is 0 Å². The number of Topliss-reactive ketones (excluding diaryl/α,β-unsaturated/α-hetero) is 1. The second-order valence-electron chi connectivity index (χ2n) is 3.59. The van der Waals surface area contributed by atoms with Crippen LogP contribution in [0.5, 0.6) is 5.88 Å². The number of aromatic nitrogens is 1. The lowest BCUT2D eigenvalue weighted by atomic mass is 9.95. The predicted octanol–water partition coefficient (Wildman–Crippen LogP) is 1.17. The molecular formula is C12H12N2O4. The van der Waals surface area contributed by atoms with E-state index in [1.165, 1.54) is 25.6 Å². The van der Waals surface area contributed by atoms with Crippen LogP contribution in [0.25, 0.3) is 0 Å². The normalized spacial score (nSPS) is 17.2. The number of ether oxygens (including phenoxy) is 2. The van der Waals surface area contributed by atoms with Crippen molar-refractivity contribution in [3.05, 3.63) is 17.8 Å². The number of ketones is 1. The highest BCUT2D eigenvalue weighted by molar-refractivity contribution is 6.22. The van der Waals surface area contributed by atoms with Gasteiger partial charge in [0.2, 0.25) is 5.88 Å². The third-order valence-electron chi connectivity index (χ3n) is 2.53. The Morgan fingerprint density at radius 1 is 1.50 bits per heavy atom. The Balaban J connectivity index is 2.38. The molecule has 0 fully saturated rings. The summed E-state index contributed by atoms with van der Waals surface area (Å²) in [6.45, 7) is 1.91. The van der Waals surface area contributed by atoms with Crippen LogP contribution in [0.3, 0.4) is 0 Å². The first-order valence-electron chi connectivity index (χ1n) is 5.47. The summed E-state index contributed by atoms with van der Waals surface area (Å²) in [6, 6.07) is 1.52. The van der Waals surface area contributed by atoms with E-state index in [2.05, 4.69) is 9.98 Å². The zero-order valence-electron chi connectivity index (χ0n) is 10.0. The van der Waals surface area contributed by atoms with E-state index in [0.717, 1.165) is 0 Å². The Hall–Kier alpha value is -2.24. The number of aliphatic imine (C=N–C) groups is 1. The minimum Gasteiger partial charge on any atom is -0.479 e. The van der Waals surface area contributed by atoms with Crippen molar-refractivity contribution in [2.24, 2.45) is 10.9 Å². The van der Waals surface area contributed by atoms with Crippen LogP contribution in [-0.4, -0.2) is 36.7 Å². The fraction of sp³-hybridized carbons (Fsp3) is 0.333. The number of carbonyl (C=O) groups excluding carboxylic acids is 2. The van der Waals surface area contributed by atoms with Gasteiger partial charge in [0.1, 0.15) is 5.69 Å². The molecule has 0 saturated carbocycles. The lowest BCUT2D eigenvalue weighted by Gasteiger charge is -2.16. The number of esters is 1. The molecule has 1 aromatic rings. The van der Waals surface area contributed by atoms with Gasteiger partial charge in [0.25, 0.3) is 0 Å². The van der Waals surface area contributed by atoms with Crippen LogP contribution in [0, 0.1) is 5.92 Å². The lowest BCUT2D eigenvalue weighted by Crippen LogP contribution is -2.29. The molecule has 1 aromatic heterocycles. The first kappa shape index (κ1) is 12.2. The van der Waals surface area contributed by atoms with Crippen LogP contribution in [0.4, 0.5) is 5.69 Å². The number of hydrogen-bond acceptors (Lipinski definition) is 6. The molecule has 0 bridgehead atoms. The molecule has 0 spiro atoms. The molecule has 0 aromatic carbocycles. The second kappa shape index (κ2) is 4.95. The summed E-state index contributed by atoms with van der Waals surface area (Å²) in [7, 11) is 1.44. The Kier molecular flexibility index (Phi) is 3.36. The van der Waals surface area contributed by atoms with Crippen molar-refractivity contribution in [1.82, 2.24) is 4.98 Å². The van der Waals surface area contributed by atoms with Gasteiger partial charge < -0.3 is 9.47 Å². The maximum absolute atomic E-state index is 12.1. The molecule has 1 atom stereocenters. The van der Waals surface area contributed by atoms with E-state index in [4.69, 9.17) is 9.47 Å². The lowest BCUT2D eigenvalue weighted by molar-refractivity contribution is -0.144. The van der Waals surface area contributed by atoms with Crippen LogP contribution < -0.4 is 4.74 Å². The summed E-state index contributed by atoms with van der Waals surface area (Å²) in [5.41, 5.74) is 0.674. The van der Waals surface area contributed by atoms with Crippen LogP contribution in [0.2, 0.25) is 0 Å². The van der Waals surface area contributed by atoms with E-state index < -0.39 is 11.9 Å². The summed E-state index contributed by atoms with van der Waals surface area (Å²) in [5, 5.41) is 0. The zero-order chi connectivity index (χ0) is 13.1. The molecule has 0 N–H and O–H groups in total. The number of methoxy groups -OCH3 is 1. The standard InChI is InChI=1S/C12H12N2O4/c1-3-18-12(16)8-6-14-9-7(10(8)15)4-5-13-11(9)17-2/h4-6,8H,3H2,1-2H3. The van der Waals surface area contributed by atoms with Crippen molar-refractivity contribution in [2.75, 3.05) is 13.7 Å². The predicted molar refractivity (Wildman–Crippen MR) is 63.4 cm³/mol. The van der Waals surface area contributed by atoms with Gasteiger partial charge in [-0.3, -0.25) is 14.6 Å². The SMILES string of the molecule is CCOC(=O)C1C=Nc2c(ccnc2OC)C1=O. The van der Waals surface area contributed by atoms with Crippen LogP contribution in [0.15, 0.2) is 17.3 Å². The first-order valence-corrected chi connectivity index (χ1v) is 5.47. The van der Waals surface area contributed by atoms with E-state index in [1.54, 1.807) is 6.92 Å². The van der Waals surface area contributed by atoms with Gasteiger partial charge in [-0.15, -0.1) is 0 Å². The largest absolute Gasteiger partial charge is 0.479 e. The number of carbonyl (C=O) groups is 2. The molecule has 2 rings (SSSR count). The third kappa shape index (κ3) is 1.97. The maximum Gasteiger partial charge on any atom is 0.322 e. The van der Waals surface area contributed by atoms with E-state index in [0.29, 0.717) is 11.3 Å².